The minimum Gasteiger partial charge on any atom is -0.493 e. The van der Waals surface area contributed by atoms with Crippen molar-refractivity contribution in [2.45, 2.75) is 19.8 Å². The average molecular weight is 500 g/mol. The number of aromatic nitrogens is 4. The smallest absolute Gasteiger partial charge is 0.493 e. The molecule has 0 aliphatic rings. The highest BCUT2D eigenvalue weighted by atomic mass is 19.4. The fourth-order valence-corrected chi connectivity index (χ4v) is 3.40. The third-order valence-corrected chi connectivity index (χ3v) is 5.09. The predicted octanol–water partition coefficient (Wildman–Crippen LogP) is 4.03. The van der Waals surface area contributed by atoms with Crippen molar-refractivity contribution in [2.24, 2.45) is 0 Å². The summed E-state index contributed by atoms with van der Waals surface area (Å²) in [6, 6.07) is 10.5. The number of pyridine rings is 2. The highest BCUT2D eigenvalue weighted by molar-refractivity contribution is 5.99. The molecular weight excluding hydrogens is 481 g/mol. The van der Waals surface area contributed by atoms with Crippen molar-refractivity contribution in [2.75, 3.05) is 10.6 Å². The number of nitrogens with zero attached hydrogens (tertiary/aromatic N) is 4. The van der Waals surface area contributed by atoms with Gasteiger partial charge in [-0.15, -0.1) is 13.2 Å². The standard InChI is InChI=1S/C23H19F3N6O4/c1-14-20(33)32(16-5-7-17(8-6-16)36-23(24,25)26)22(35)31(14)13-15-9-11-27-12-18(15)29-21(34)30-19-4-2-3-10-28-19/h2-12,33H,13H2,1H3,(H2,28,29,30,34). The van der Waals surface area contributed by atoms with Crippen molar-refractivity contribution in [3.05, 3.63) is 88.9 Å². The molecule has 0 fully saturated rings. The Hall–Kier alpha value is -4.81. The summed E-state index contributed by atoms with van der Waals surface area (Å²) in [6.45, 7) is 1.47. The number of halogens is 3. The second-order valence-corrected chi connectivity index (χ2v) is 7.48. The molecule has 0 spiro atoms. The molecule has 0 unspecified atom stereocenters. The van der Waals surface area contributed by atoms with Crippen LogP contribution in [0.1, 0.15) is 11.3 Å². The lowest BCUT2D eigenvalue weighted by molar-refractivity contribution is -0.274. The van der Waals surface area contributed by atoms with Crippen molar-refractivity contribution in [1.82, 2.24) is 19.1 Å². The van der Waals surface area contributed by atoms with Gasteiger partial charge in [-0.25, -0.2) is 19.1 Å². The molecule has 3 aromatic heterocycles. The van der Waals surface area contributed by atoms with Gasteiger partial charge in [-0.05, 0) is 55.0 Å². The Morgan fingerprint density at radius 1 is 1.08 bits per heavy atom. The Morgan fingerprint density at radius 3 is 2.50 bits per heavy atom. The fourth-order valence-electron chi connectivity index (χ4n) is 3.40. The summed E-state index contributed by atoms with van der Waals surface area (Å²) < 4.78 is 43.3. The SMILES string of the molecule is Cc1c(O)n(-c2ccc(OC(F)(F)F)cc2)c(=O)n1Cc1ccncc1NC(=O)Nc1ccccn1. The number of benzene rings is 1. The van der Waals surface area contributed by atoms with Gasteiger partial charge >= 0.3 is 18.1 Å². The largest absolute Gasteiger partial charge is 0.573 e. The van der Waals surface area contributed by atoms with E-state index in [1.165, 1.54) is 42.2 Å². The molecule has 0 saturated carbocycles. The summed E-state index contributed by atoms with van der Waals surface area (Å²) in [6.07, 6.45) is -0.447. The van der Waals surface area contributed by atoms with Crippen LogP contribution in [0, 0.1) is 6.92 Å². The van der Waals surface area contributed by atoms with Gasteiger partial charge in [0.15, 0.2) is 0 Å². The summed E-state index contributed by atoms with van der Waals surface area (Å²) >= 11 is 0. The van der Waals surface area contributed by atoms with Crippen LogP contribution < -0.4 is 21.1 Å². The zero-order valence-corrected chi connectivity index (χ0v) is 18.7. The number of urea groups is 1. The second-order valence-electron chi connectivity index (χ2n) is 7.48. The van der Waals surface area contributed by atoms with E-state index in [2.05, 4.69) is 25.3 Å². The first kappa shape index (κ1) is 24.3. The van der Waals surface area contributed by atoms with Crippen molar-refractivity contribution in [3.63, 3.8) is 0 Å². The molecule has 0 aliphatic heterocycles. The topological polar surface area (TPSA) is 123 Å². The zero-order valence-electron chi connectivity index (χ0n) is 18.7. The fraction of sp³-hybridized carbons (Fsp3) is 0.130. The van der Waals surface area contributed by atoms with E-state index in [0.29, 0.717) is 17.1 Å². The zero-order chi connectivity index (χ0) is 25.9. The van der Waals surface area contributed by atoms with E-state index in [4.69, 9.17) is 0 Å². The molecule has 0 radical (unpaired) electrons. The third-order valence-electron chi connectivity index (χ3n) is 5.09. The number of hydrogen-bond donors (Lipinski definition) is 3. The van der Waals surface area contributed by atoms with Crippen LogP contribution in [0.4, 0.5) is 29.5 Å². The van der Waals surface area contributed by atoms with Gasteiger partial charge in [-0.2, -0.15) is 0 Å². The van der Waals surface area contributed by atoms with E-state index in [9.17, 15) is 27.9 Å². The molecule has 0 aliphatic carbocycles. The number of ether oxygens (including phenoxy) is 1. The average Bonchev–Trinajstić information content (AvgIpc) is 3.03. The molecule has 2 amide bonds. The van der Waals surface area contributed by atoms with Crippen LogP contribution in [0.15, 0.2) is 71.9 Å². The number of hydrogen-bond acceptors (Lipinski definition) is 6. The van der Waals surface area contributed by atoms with Gasteiger partial charge in [0.1, 0.15) is 11.6 Å². The lowest BCUT2D eigenvalue weighted by Gasteiger charge is -2.12. The van der Waals surface area contributed by atoms with Gasteiger partial charge in [0.25, 0.3) is 0 Å². The first-order valence-electron chi connectivity index (χ1n) is 10.4. The summed E-state index contributed by atoms with van der Waals surface area (Å²) in [5.74, 6) is -0.520. The molecule has 10 nitrogen and oxygen atoms in total. The Labute approximate surface area is 201 Å². The summed E-state index contributed by atoms with van der Waals surface area (Å²) in [5.41, 5.74) is 0.527. The van der Waals surface area contributed by atoms with Gasteiger partial charge in [0.05, 0.1) is 29.8 Å². The minimum absolute atomic E-state index is 0.0395. The Morgan fingerprint density at radius 2 is 1.83 bits per heavy atom. The molecule has 4 aromatic rings. The molecule has 3 N–H and O–H groups in total. The number of carbonyl (C=O) groups is 1. The molecule has 13 heteroatoms. The molecule has 36 heavy (non-hydrogen) atoms. The monoisotopic (exact) mass is 500 g/mol. The second kappa shape index (κ2) is 9.82. The molecular formula is C23H19F3N6O4. The minimum atomic E-state index is -4.86. The van der Waals surface area contributed by atoms with Gasteiger partial charge in [-0.1, -0.05) is 6.07 Å². The van der Waals surface area contributed by atoms with Crippen LogP contribution in [0.25, 0.3) is 5.69 Å². The van der Waals surface area contributed by atoms with Crippen molar-refractivity contribution < 1.29 is 27.8 Å². The Balaban J connectivity index is 1.58. The van der Waals surface area contributed by atoms with Gasteiger partial charge < -0.3 is 15.2 Å². The van der Waals surface area contributed by atoms with Crippen LogP contribution in [0.2, 0.25) is 0 Å². The van der Waals surface area contributed by atoms with Gasteiger partial charge in [-0.3, -0.25) is 14.9 Å². The number of carbonyl (C=O) groups excluding carboxylic acids is 1. The normalized spacial score (nSPS) is 11.2. The lowest BCUT2D eigenvalue weighted by Crippen LogP contribution is -2.25. The highest BCUT2D eigenvalue weighted by Crippen LogP contribution is 2.26. The first-order chi connectivity index (χ1) is 17.1. The number of rotatable bonds is 6. The number of anilines is 2. The number of nitrogens with one attached hydrogen (secondary N) is 2. The molecule has 0 saturated heterocycles. The summed E-state index contributed by atoms with van der Waals surface area (Å²) in [4.78, 5) is 33.5. The van der Waals surface area contributed by atoms with Gasteiger partial charge in [0, 0.05) is 12.4 Å². The number of aromatic hydroxyl groups is 1. The quantitative estimate of drug-likeness (QED) is 0.367. The van der Waals surface area contributed by atoms with E-state index < -0.39 is 23.8 Å². The summed E-state index contributed by atoms with van der Waals surface area (Å²) in [5, 5.41) is 15.8. The van der Waals surface area contributed by atoms with Crippen LogP contribution in [0.5, 0.6) is 11.6 Å². The van der Waals surface area contributed by atoms with E-state index in [-0.39, 0.29) is 23.8 Å². The third kappa shape index (κ3) is 5.46. The molecule has 4 rings (SSSR count). The first-order valence-corrected chi connectivity index (χ1v) is 10.4. The van der Waals surface area contributed by atoms with E-state index in [1.807, 2.05) is 0 Å². The Bertz CT molecular complexity index is 1430. The molecule has 1 aromatic carbocycles. The van der Waals surface area contributed by atoms with E-state index in [1.54, 1.807) is 24.3 Å². The lowest BCUT2D eigenvalue weighted by atomic mass is 10.2. The molecule has 0 atom stereocenters. The van der Waals surface area contributed by atoms with Gasteiger partial charge in [0.2, 0.25) is 5.88 Å². The molecule has 3 heterocycles. The van der Waals surface area contributed by atoms with Crippen molar-refractivity contribution in [1.29, 1.82) is 0 Å². The van der Waals surface area contributed by atoms with Crippen LogP contribution >= 0.6 is 0 Å². The van der Waals surface area contributed by atoms with E-state index >= 15 is 0 Å². The maximum Gasteiger partial charge on any atom is 0.573 e. The van der Waals surface area contributed by atoms with Crippen molar-refractivity contribution in [3.8, 4) is 17.3 Å². The van der Waals surface area contributed by atoms with Crippen LogP contribution in [0.3, 0.4) is 0 Å². The molecule has 186 valence electrons. The number of imidazole rings is 1. The number of amides is 2. The van der Waals surface area contributed by atoms with Crippen LogP contribution in [-0.4, -0.2) is 36.6 Å². The maximum absolute atomic E-state index is 13.1. The molecule has 0 bridgehead atoms. The van der Waals surface area contributed by atoms with Crippen LogP contribution in [-0.2, 0) is 6.54 Å². The predicted molar refractivity (Wildman–Crippen MR) is 123 cm³/mol. The van der Waals surface area contributed by atoms with E-state index in [0.717, 1.165) is 16.7 Å². The maximum atomic E-state index is 13.1. The summed E-state index contributed by atoms with van der Waals surface area (Å²) in [7, 11) is 0. The number of alkyl halides is 3. The highest BCUT2D eigenvalue weighted by Gasteiger charge is 2.31. The van der Waals surface area contributed by atoms with Crippen molar-refractivity contribution >= 4 is 17.5 Å². The Kier molecular flexibility index (Phi) is 6.63.